The summed E-state index contributed by atoms with van der Waals surface area (Å²) in [6, 6.07) is 13.7. The molecule has 0 aromatic heterocycles. The number of amides is 1. The summed E-state index contributed by atoms with van der Waals surface area (Å²) < 4.78 is 19.1. The molecule has 1 aliphatic heterocycles. The molecule has 25 heavy (non-hydrogen) atoms. The molecule has 6 heteroatoms. The molecule has 0 spiro atoms. The second kappa shape index (κ2) is 8.83. The van der Waals surface area contributed by atoms with Gasteiger partial charge in [-0.1, -0.05) is 25.1 Å². The Labute approximate surface area is 153 Å². The average molecular weight is 365 g/mol. The van der Waals surface area contributed by atoms with Crippen LogP contribution in [0.1, 0.15) is 12.5 Å². The van der Waals surface area contributed by atoms with Crippen LogP contribution in [0.4, 0.5) is 10.1 Å². The zero-order chi connectivity index (χ0) is 16.9. The molecule has 0 radical (unpaired) electrons. The Bertz CT molecular complexity index is 705. The Morgan fingerprint density at radius 1 is 1.24 bits per heavy atom. The van der Waals surface area contributed by atoms with Crippen LogP contribution in [0, 0.1) is 17.7 Å². The van der Waals surface area contributed by atoms with Gasteiger partial charge >= 0.3 is 0 Å². The summed E-state index contributed by atoms with van der Waals surface area (Å²) in [7, 11) is 0. The van der Waals surface area contributed by atoms with Crippen LogP contribution in [-0.4, -0.2) is 19.0 Å². The van der Waals surface area contributed by atoms with Gasteiger partial charge in [0, 0.05) is 17.2 Å². The summed E-state index contributed by atoms with van der Waals surface area (Å²) in [5.41, 5.74) is 1.25. The Balaban J connectivity index is 0.00000225. The SMILES string of the molecule is CC(C(=O)Nc1ccc(OCc2ccccc2F)cc1)C1CNC1.Cl. The molecule has 1 unspecified atom stereocenters. The van der Waals surface area contributed by atoms with E-state index in [0.29, 0.717) is 17.2 Å². The van der Waals surface area contributed by atoms with E-state index < -0.39 is 0 Å². The van der Waals surface area contributed by atoms with E-state index in [-0.39, 0.29) is 36.7 Å². The monoisotopic (exact) mass is 364 g/mol. The van der Waals surface area contributed by atoms with Gasteiger partial charge in [-0.25, -0.2) is 4.39 Å². The first-order valence-electron chi connectivity index (χ1n) is 8.11. The lowest BCUT2D eigenvalue weighted by Gasteiger charge is -2.31. The van der Waals surface area contributed by atoms with Gasteiger partial charge in [-0.15, -0.1) is 12.4 Å². The Kier molecular flexibility index (Phi) is 6.79. The smallest absolute Gasteiger partial charge is 0.227 e. The number of ether oxygens (including phenoxy) is 1. The van der Waals surface area contributed by atoms with Crippen molar-refractivity contribution in [2.24, 2.45) is 11.8 Å². The zero-order valence-corrected chi connectivity index (χ0v) is 14.8. The molecule has 1 saturated heterocycles. The molecule has 0 saturated carbocycles. The number of anilines is 1. The van der Waals surface area contributed by atoms with Crippen LogP contribution in [0.5, 0.6) is 5.75 Å². The third-order valence-corrected chi connectivity index (χ3v) is 4.41. The molecule has 0 aliphatic carbocycles. The first kappa shape index (κ1) is 19.2. The van der Waals surface area contributed by atoms with Gasteiger partial charge in [0.2, 0.25) is 5.91 Å². The van der Waals surface area contributed by atoms with Crippen molar-refractivity contribution in [1.29, 1.82) is 0 Å². The van der Waals surface area contributed by atoms with Crippen LogP contribution in [0.2, 0.25) is 0 Å². The highest BCUT2D eigenvalue weighted by Gasteiger charge is 2.28. The summed E-state index contributed by atoms with van der Waals surface area (Å²) in [5.74, 6) is 0.784. The molecule has 1 heterocycles. The predicted molar refractivity (Wildman–Crippen MR) is 98.6 cm³/mol. The van der Waals surface area contributed by atoms with Gasteiger partial charge in [-0.05, 0) is 49.3 Å². The molecule has 3 rings (SSSR count). The zero-order valence-electron chi connectivity index (χ0n) is 14.0. The third-order valence-electron chi connectivity index (χ3n) is 4.41. The lowest BCUT2D eigenvalue weighted by Crippen LogP contribution is -2.48. The topological polar surface area (TPSA) is 50.4 Å². The van der Waals surface area contributed by atoms with Crippen molar-refractivity contribution in [3.63, 3.8) is 0 Å². The standard InChI is InChI=1S/C19H21FN2O2.ClH/c1-13(15-10-21-11-15)19(23)22-16-6-8-17(9-7-16)24-12-14-4-2-3-5-18(14)20;/h2-9,13,15,21H,10-12H2,1H3,(H,22,23);1H. The molecule has 134 valence electrons. The predicted octanol–water partition coefficient (Wildman–Crippen LogP) is 3.62. The molecule has 1 amide bonds. The fourth-order valence-electron chi connectivity index (χ4n) is 2.55. The van der Waals surface area contributed by atoms with Gasteiger partial charge in [0.15, 0.2) is 0 Å². The number of benzene rings is 2. The minimum Gasteiger partial charge on any atom is -0.489 e. The molecule has 2 N–H and O–H groups in total. The summed E-state index contributed by atoms with van der Waals surface area (Å²) >= 11 is 0. The van der Waals surface area contributed by atoms with Crippen LogP contribution in [-0.2, 0) is 11.4 Å². The van der Waals surface area contributed by atoms with E-state index >= 15 is 0 Å². The maximum absolute atomic E-state index is 13.5. The fourth-order valence-corrected chi connectivity index (χ4v) is 2.55. The van der Waals surface area contributed by atoms with Crippen molar-refractivity contribution >= 4 is 24.0 Å². The molecule has 1 fully saturated rings. The van der Waals surface area contributed by atoms with Crippen LogP contribution in [0.15, 0.2) is 48.5 Å². The fraction of sp³-hybridized carbons (Fsp3) is 0.316. The van der Waals surface area contributed by atoms with Gasteiger partial charge in [0.25, 0.3) is 0 Å². The van der Waals surface area contributed by atoms with Crippen molar-refractivity contribution in [2.75, 3.05) is 18.4 Å². The normalized spacial score (nSPS) is 14.8. The van der Waals surface area contributed by atoms with Crippen LogP contribution in [0.3, 0.4) is 0 Å². The van der Waals surface area contributed by atoms with Crippen molar-refractivity contribution in [3.05, 3.63) is 59.9 Å². The molecular formula is C19H22ClFN2O2. The summed E-state index contributed by atoms with van der Waals surface area (Å²) in [6.45, 7) is 3.92. The summed E-state index contributed by atoms with van der Waals surface area (Å²) in [5, 5.41) is 6.10. The van der Waals surface area contributed by atoms with Gasteiger partial charge in [-0.3, -0.25) is 4.79 Å². The number of carbonyl (C=O) groups excluding carboxylic acids is 1. The highest BCUT2D eigenvalue weighted by atomic mass is 35.5. The third kappa shape index (κ3) is 4.94. The van der Waals surface area contributed by atoms with Gasteiger partial charge in [0.1, 0.15) is 18.2 Å². The maximum atomic E-state index is 13.5. The second-order valence-electron chi connectivity index (χ2n) is 6.10. The highest BCUT2D eigenvalue weighted by molar-refractivity contribution is 5.92. The molecule has 1 aliphatic rings. The minimum absolute atomic E-state index is 0. The van der Waals surface area contributed by atoms with E-state index in [9.17, 15) is 9.18 Å². The Hall–Kier alpha value is -2.11. The lowest BCUT2D eigenvalue weighted by molar-refractivity contribution is -0.121. The molecule has 0 bridgehead atoms. The Morgan fingerprint density at radius 3 is 2.52 bits per heavy atom. The largest absolute Gasteiger partial charge is 0.489 e. The molecule has 1 atom stereocenters. The first-order valence-corrected chi connectivity index (χ1v) is 8.11. The van der Waals surface area contributed by atoms with Crippen molar-refractivity contribution < 1.29 is 13.9 Å². The second-order valence-corrected chi connectivity index (χ2v) is 6.10. The summed E-state index contributed by atoms with van der Waals surface area (Å²) in [4.78, 5) is 12.2. The number of carbonyl (C=O) groups is 1. The van der Waals surface area contributed by atoms with Crippen molar-refractivity contribution in [3.8, 4) is 5.75 Å². The number of nitrogens with one attached hydrogen (secondary N) is 2. The number of rotatable bonds is 6. The van der Waals surface area contributed by atoms with Crippen LogP contribution < -0.4 is 15.4 Å². The Morgan fingerprint density at radius 2 is 1.92 bits per heavy atom. The van der Waals surface area contributed by atoms with Gasteiger partial charge < -0.3 is 15.4 Å². The van der Waals surface area contributed by atoms with E-state index in [1.807, 2.05) is 6.92 Å². The molecule has 2 aromatic rings. The average Bonchev–Trinajstić information content (AvgIpc) is 2.54. The van der Waals surface area contributed by atoms with Crippen LogP contribution >= 0.6 is 12.4 Å². The number of hydrogen-bond acceptors (Lipinski definition) is 3. The van der Waals surface area contributed by atoms with E-state index in [0.717, 1.165) is 18.8 Å². The maximum Gasteiger partial charge on any atom is 0.227 e. The number of halogens is 2. The quantitative estimate of drug-likeness (QED) is 0.823. The molecule has 4 nitrogen and oxygen atoms in total. The van der Waals surface area contributed by atoms with Crippen molar-refractivity contribution in [1.82, 2.24) is 5.32 Å². The van der Waals surface area contributed by atoms with E-state index in [1.165, 1.54) is 6.07 Å². The van der Waals surface area contributed by atoms with E-state index in [2.05, 4.69) is 10.6 Å². The molecule has 2 aromatic carbocycles. The van der Waals surface area contributed by atoms with Crippen molar-refractivity contribution in [2.45, 2.75) is 13.5 Å². The van der Waals surface area contributed by atoms with E-state index in [1.54, 1.807) is 42.5 Å². The van der Waals surface area contributed by atoms with Gasteiger partial charge in [-0.2, -0.15) is 0 Å². The number of hydrogen-bond donors (Lipinski definition) is 2. The van der Waals surface area contributed by atoms with Crippen LogP contribution in [0.25, 0.3) is 0 Å². The highest BCUT2D eigenvalue weighted by Crippen LogP contribution is 2.21. The molecular weight excluding hydrogens is 343 g/mol. The lowest BCUT2D eigenvalue weighted by atomic mass is 9.88. The first-order chi connectivity index (χ1) is 11.6. The van der Waals surface area contributed by atoms with Gasteiger partial charge in [0.05, 0.1) is 0 Å². The summed E-state index contributed by atoms with van der Waals surface area (Å²) in [6.07, 6.45) is 0. The van der Waals surface area contributed by atoms with E-state index in [4.69, 9.17) is 4.74 Å². The minimum atomic E-state index is -0.277.